The van der Waals surface area contributed by atoms with E-state index in [1.165, 1.54) is 11.1 Å². The van der Waals surface area contributed by atoms with Crippen LogP contribution in [-0.4, -0.2) is 29.0 Å². The van der Waals surface area contributed by atoms with Crippen LogP contribution in [0, 0.1) is 0 Å². The van der Waals surface area contributed by atoms with Gasteiger partial charge in [-0.25, -0.2) is 0 Å². The van der Waals surface area contributed by atoms with Crippen molar-refractivity contribution in [3.05, 3.63) is 69.2 Å². The van der Waals surface area contributed by atoms with Gasteiger partial charge in [0.1, 0.15) is 0 Å². The smallest absolute Gasteiger partial charge is 0.198 e. The molecule has 2 aliphatic rings. The maximum Gasteiger partial charge on any atom is 0.198 e. The summed E-state index contributed by atoms with van der Waals surface area (Å²) in [7, 11) is 0. The topological polar surface area (TPSA) is 58.9 Å². The standard InChI is InChI=1S/C22H25ClO4/c1-2-14-3-5-15(6-4-14)9-18-19-13-26-22(20(19)7-8-21(18)23)11-16(25)10-17(12-24)27-22/h3-8,16-17,24-25H,2,9-13H2,1H3/t16-,17-,22?/m0/s1. The first-order chi connectivity index (χ1) is 13.0. The molecule has 0 aromatic heterocycles. The number of aliphatic hydroxyl groups excluding tert-OH is 2. The minimum absolute atomic E-state index is 0.137. The number of ether oxygens (including phenoxy) is 2. The van der Waals surface area contributed by atoms with Gasteiger partial charge in [-0.15, -0.1) is 0 Å². The van der Waals surface area contributed by atoms with Gasteiger partial charge in [-0.3, -0.25) is 0 Å². The van der Waals surface area contributed by atoms with Crippen LogP contribution in [0.3, 0.4) is 0 Å². The van der Waals surface area contributed by atoms with Crippen molar-refractivity contribution < 1.29 is 19.7 Å². The molecular formula is C22H25ClO4. The molecule has 144 valence electrons. The lowest BCUT2D eigenvalue weighted by atomic mass is 9.89. The van der Waals surface area contributed by atoms with Gasteiger partial charge in [0.25, 0.3) is 0 Å². The van der Waals surface area contributed by atoms with Crippen LogP contribution in [-0.2, 0) is 34.7 Å². The highest BCUT2D eigenvalue weighted by molar-refractivity contribution is 6.31. The van der Waals surface area contributed by atoms with Gasteiger partial charge in [0, 0.05) is 23.4 Å². The molecule has 0 amide bonds. The number of aliphatic hydroxyl groups is 2. The number of hydrogen-bond acceptors (Lipinski definition) is 4. The first-order valence-corrected chi connectivity index (χ1v) is 9.91. The van der Waals surface area contributed by atoms with Crippen LogP contribution in [0.2, 0.25) is 5.02 Å². The molecule has 3 atom stereocenters. The lowest BCUT2D eigenvalue weighted by molar-refractivity contribution is -0.302. The Morgan fingerprint density at radius 2 is 1.89 bits per heavy atom. The second kappa shape index (κ2) is 7.53. The highest BCUT2D eigenvalue weighted by Crippen LogP contribution is 2.47. The van der Waals surface area contributed by atoms with Crippen molar-refractivity contribution in [2.24, 2.45) is 0 Å². The van der Waals surface area contributed by atoms with Crippen molar-refractivity contribution in [2.75, 3.05) is 6.61 Å². The summed E-state index contributed by atoms with van der Waals surface area (Å²) in [5, 5.41) is 20.5. The normalized spacial score (nSPS) is 27.1. The van der Waals surface area contributed by atoms with E-state index in [0.717, 1.165) is 29.5 Å². The van der Waals surface area contributed by atoms with Crippen molar-refractivity contribution in [2.45, 2.75) is 57.2 Å². The lowest BCUT2D eigenvalue weighted by Gasteiger charge is -2.40. The Labute approximate surface area is 164 Å². The van der Waals surface area contributed by atoms with Gasteiger partial charge in [-0.05, 0) is 41.2 Å². The largest absolute Gasteiger partial charge is 0.394 e. The molecule has 2 N–H and O–H groups in total. The zero-order valence-corrected chi connectivity index (χ0v) is 16.2. The third kappa shape index (κ3) is 3.53. The average molecular weight is 389 g/mol. The van der Waals surface area contributed by atoms with E-state index in [1.54, 1.807) is 0 Å². The Hall–Kier alpha value is -1.43. The Balaban J connectivity index is 1.68. The summed E-state index contributed by atoms with van der Waals surface area (Å²) >= 11 is 6.54. The summed E-state index contributed by atoms with van der Waals surface area (Å²) in [6, 6.07) is 12.4. The minimum Gasteiger partial charge on any atom is -0.394 e. The van der Waals surface area contributed by atoms with Crippen LogP contribution in [0.25, 0.3) is 0 Å². The fourth-order valence-electron chi connectivity index (χ4n) is 4.18. The quantitative estimate of drug-likeness (QED) is 0.838. The fourth-order valence-corrected chi connectivity index (χ4v) is 4.43. The van der Waals surface area contributed by atoms with Crippen LogP contribution < -0.4 is 0 Å². The molecule has 2 heterocycles. The monoisotopic (exact) mass is 388 g/mol. The second-order valence-electron chi connectivity index (χ2n) is 7.46. The third-order valence-corrected chi connectivity index (χ3v) is 6.00. The summed E-state index contributed by atoms with van der Waals surface area (Å²) < 4.78 is 12.2. The molecule has 0 radical (unpaired) electrons. The maximum atomic E-state index is 10.3. The molecule has 0 aliphatic carbocycles. The van der Waals surface area contributed by atoms with Gasteiger partial charge >= 0.3 is 0 Å². The molecule has 5 heteroatoms. The molecule has 1 saturated heterocycles. The molecule has 1 spiro atoms. The second-order valence-corrected chi connectivity index (χ2v) is 7.86. The zero-order chi connectivity index (χ0) is 19.0. The van der Waals surface area contributed by atoms with E-state index in [4.69, 9.17) is 21.1 Å². The number of aryl methyl sites for hydroxylation is 1. The minimum atomic E-state index is -0.994. The van der Waals surface area contributed by atoms with Crippen LogP contribution in [0.15, 0.2) is 36.4 Å². The summed E-state index contributed by atoms with van der Waals surface area (Å²) in [5.41, 5.74) is 5.50. The lowest BCUT2D eigenvalue weighted by Crippen LogP contribution is -2.45. The van der Waals surface area contributed by atoms with Crippen LogP contribution >= 0.6 is 11.6 Å². The highest BCUT2D eigenvalue weighted by atomic mass is 35.5. The summed E-state index contributed by atoms with van der Waals surface area (Å²) in [6.45, 7) is 2.40. The Kier molecular flexibility index (Phi) is 5.28. The molecule has 2 aromatic carbocycles. The number of fused-ring (bicyclic) bond motifs is 2. The molecule has 2 aromatic rings. The number of hydrogen-bond donors (Lipinski definition) is 2. The van der Waals surface area contributed by atoms with Crippen molar-refractivity contribution >= 4 is 11.6 Å². The van der Waals surface area contributed by atoms with Gasteiger partial charge in [-0.2, -0.15) is 0 Å². The van der Waals surface area contributed by atoms with E-state index >= 15 is 0 Å². The summed E-state index contributed by atoms with van der Waals surface area (Å²) in [6.07, 6.45) is 1.52. The maximum absolute atomic E-state index is 10.3. The van der Waals surface area contributed by atoms with E-state index in [1.807, 2.05) is 12.1 Å². The van der Waals surface area contributed by atoms with E-state index in [9.17, 15) is 10.2 Å². The summed E-state index contributed by atoms with van der Waals surface area (Å²) in [5.74, 6) is -0.994. The molecule has 4 rings (SSSR count). The van der Waals surface area contributed by atoms with Crippen molar-refractivity contribution in [1.82, 2.24) is 0 Å². The van der Waals surface area contributed by atoms with Gasteiger partial charge in [0.15, 0.2) is 5.79 Å². The first-order valence-electron chi connectivity index (χ1n) is 9.54. The van der Waals surface area contributed by atoms with E-state index in [-0.39, 0.29) is 6.61 Å². The van der Waals surface area contributed by atoms with E-state index < -0.39 is 18.0 Å². The molecule has 1 unspecified atom stereocenters. The third-order valence-electron chi connectivity index (χ3n) is 5.65. The average Bonchev–Trinajstić information content (AvgIpc) is 3.01. The summed E-state index contributed by atoms with van der Waals surface area (Å²) in [4.78, 5) is 0. The predicted molar refractivity (Wildman–Crippen MR) is 104 cm³/mol. The molecular weight excluding hydrogens is 364 g/mol. The SMILES string of the molecule is CCc1ccc(Cc2c(Cl)ccc3c2COC32C[C@@H](O)C[C@@H](CO)O2)cc1. The molecule has 0 bridgehead atoms. The van der Waals surface area contributed by atoms with Gasteiger partial charge in [-0.1, -0.05) is 48.9 Å². The van der Waals surface area contributed by atoms with E-state index in [0.29, 0.717) is 24.5 Å². The molecule has 0 saturated carbocycles. The van der Waals surface area contributed by atoms with Crippen molar-refractivity contribution in [1.29, 1.82) is 0 Å². The highest BCUT2D eigenvalue weighted by Gasteiger charge is 2.48. The van der Waals surface area contributed by atoms with Crippen LogP contribution in [0.1, 0.15) is 47.6 Å². The van der Waals surface area contributed by atoms with Crippen LogP contribution in [0.5, 0.6) is 0 Å². The fraction of sp³-hybridized carbons (Fsp3) is 0.455. The van der Waals surface area contributed by atoms with E-state index in [2.05, 4.69) is 31.2 Å². The molecule has 27 heavy (non-hydrogen) atoms. The van der Waals surface area contributed by atoms with Gasteiger partial charge in [0.05, 0.1) is 25.4 Å². The number of rotatable bonds is 4. The number of halogens is 1. The van der Waals surface area contributed by atoms with Gasteiger partial charge < -0.3 is 19.7 Å². The zero-order valence-electron chi connectivity index (χ0n) is 15.5. The molecule has 4 nitrogen and oxygen atoms in total. The molecule has 1 fully saturated rings. The van der Waals surface area contributed by atoms with Gasteiger partial charge in [0.2, 0.25) is 0 Å². The first kappa shape index (κ1) is 18.9. The van der Waals surface area contributed by atoms with Crippen molar-refractivity contribution in [3.63, 3.8) is 0 Å². The Morgan fingerprint density at radius 1 is 1.15 bits per heavy atom. The Morgan fingerprint density at radius 3 is 2.59 bits per heavy atom. The van der Waals surface area contributed by atoms with Crippen molar-refractivity contribution in [3.8, 4) is 0 Å². The number of benzene rings is 2. The molecule has 2 aliphatic heterocycles. The van der Waals surface area contributed by atoms with Crippen LogP contribution in [0.4, 0.5) is 0 Å². The Bertz CT molecular complexity index is 820. The predicted octanol–water partition coefficient (Wildman–Crippen LogP) is 3.71.